The maximum absolute atomic E-state index is 5.50. The Hall–Kier alpha value is -1.20. The zero-order chi connectivity index (χ0) is 16.9. The van der Waals surface area contributed by atoms with Crippen molar-refractivity contribution in [2.45, 2.75) is 31.8 Å². The van der Waals surface area contributed by atoms with Gasteiger partial charge in [-0.25, -0.2) is 0 Å². The highest BCUT2D eigenvalue weighted by Gasteiger charge is 2.25. The molecule has 1 atom stereocenters. The van der Waals surface area contributed by atoms with Crippen LogP contribution in [-0.4, -0.2) is 55.2 Å². The number of ether oxygens (including phenoxy) is 1. The zero-order valence-corrected chi connectivity index (χ0v) is 15.7. The zero-order valence-electron chi connectivity index (χ0n) is 14.9. The number of hydrogen-bond donors (Lipinski definition) is 0. The van der Waals surface area contributed by atoms with Gasteiger partial charge in [-0.3, -0.25) is 9.80 Å². The lowest BCUT2D eigenvalue weighted by Crippen LogP contribution is -2.48. The number of piperidine rings is 1. The molecule has 0 N–H and O–H groups in total. The molecule has 0 bridgehead atoms. The number of morpholine rings is 1. The maximum Gasteiger partial charge on any atom is 0.0594 e. The predicted octanol–water partition coefficient (Wildman–Crippen LogP) is 4.10. The quantitative estimate of drug-likeness (QED) is 0.802. The summed E-state index contributed by atoms with van der Waals surface area (Å²) < 4.78 is 5.50. The molecule has 25 heavy (non-hydrogen) atoms. The fourth-order valence-electron chi connectivity index (χ4n) is 3.98. The molecule has 1 aromatic heterocycles. The highest BCUT2D eigenvalue weighted by atomic mass is 32.1. The second kappa shape index (κ2) is 8.45. The molecule has 0 amide bonds. The molecule has 0 aliphatic carbocycles. The molecule has 0 spiro atoms. The van der Waals surface area contributed by atoms with Crippen molar-refractivity contribution in [2.24, 2.45) is 0 Å². The van der Waals surface area contributed by atoms with Crippen LogP contribution in [0.2, 0.25) is 0 Å². The van der Waals surface area contributed by atoms with E-state index >= 15 is 0 Å². The molecule has 3 nitrogen and oxygen atoms in total. The third kappa shape index (κ3) is 4.50. The summed E-state index contributed by atoms with van der Waals surface area (Å²) in [6, 6.07) is 16.1. The Kier molecular flexibility index (Phi) is 5.83. The van der Waals surface area contributed by atoms with Crippen LogP contribution in [-0.2, 0) is 11.3 Å². The highest BCUT2D eigenvalue weighted by Crippen LogP contribution is 2.30. The van der Waals surface area contributed by atoms with Gasteiger partial charge in [0, 0.05) is 42.0 Å². The fourth-order valence-corrected chi connectivity index (χ4v) is 5.02. The second-order valence-electron chi connectivity index (χ2n) is 7.17. The van der Waals surface area contributed by atoms with Gasteiger partial charge in [0.1, 0.15) is 0 Å². The molecule has 134 valence electrons. The van der Waals surface area contributed by atoms with Crippen LogP contribution in [0.15, 0.2) is 42.5 Å². The third-order valence-corrected chi connectivity index (χ3v) is 6.52. The lowest BCUT2D eigenvalue weighted by Gasteiger charge is -2.39. The van der Waals surface area contributed by atoms with Crippen molar-refractivity contribution in [3.05, 3.63) is 47.3 Å². The van der Waals surface area contributed by atoms with Crippen molar-refractivity contribution in [3.63, 3.8) is 0 Å². The van der Waals surface area contributed by atoms with E-state index in [-0.39, 0.29) is 0 Å². The first-order valence-corrected chi connectivity index (χ1v) is 10.4. The number of benzene rings is 1. The van der Waals surface area contributed by atoms with Gasteiger partial charge in [-0.2, -0.15) is 0 Å². The Balaban J connectivity index is 1.40. The van der Waals surface area contributed by atoms with Crippen molar-refractivity contribution in [3.8, 4) is 10.4 Å². The van der Waals surface area contributed by atoms with Crippen molar-refractivity contribution in [1.29, 1.82) is 0 Å². The van der Waals surface area contributed by atoms with E-state index in [9.17, 15) is 0 Å². The molecular weight excluding hydrogens is 328 g/mol. The topological polar surface area (TPSA) is 15.7 Å². The normalized spacial score (nSPS) is 23.0. The summed E-state index contributed by atoms with van der Waals surface area (Å²) in [7, 11) is 0. The fraction of sp³-hybridized carbons (Fsp3) is 0.524. The summed E-state index contributed by atoms with van der Waals surface area (Å²) in [5.41, 5.74) is 1.34. The minimum absolute atomic E-state index is 0.703. The van der Waals surface area contributed by atoms with Gasteiger partial charge in [-0.05, 0) is 37.1 Å². The van der Waals surface area contributed by atoms with E-state index in [1.165, 1.54) is 47.7 Å². The number of likely N-dealkylation sites (tertiary alicyclic amines) is 1. The third-order valence-electron chi connectivity index (χ3n) is 5.40. The van der Waals surface area contributed by atoms with Gasteiger partial charge in [0.15, 0.2) is 0 Å². The van der Waals surface area contributed by atoms with E-state index < -0.39 is 0 Å². The molecule has 2 saturated heterocycles. The van der Waals surface area contributed by atoms with Crippen LogP contribution in [0, 0.1) is 0 Å². The smallest absolute Gasteiger partial charge is 0.0594 e. The van der Waals surface area contributed by atoms with E-state index in [1.807, 2.05) is 11.3 Å². The van der Waals surface area contributed by atoms with Crippen LogP contribution < -0.4 is 0 Å². The van der Waals surface area contributed by atoms with Crippen molar-refractivity contribution in [2.75, 3.05) is 39.4 Å². The molecule has 0 unspecified atom stereocenters. The van der Waals surface area contributed by atoms with Gasteiger partial charge in [0.25, 0.3) is 0 Å². The SMILES string of the molecule is c1ccc(-c2ccc(CN3CCCC[C@@H]3CN3CCOCC3)s2)cc1. The number of hydrogen-bond acceptors (Lipinski definition) is 4. The number of nitrogens with zero attached hydrogens (tertiary/aromatic N) is 2. The summed E-state index contributed by atoms with van der Waals surface area (Å²) in [5, 5.41) is 0. The van der Waals surface area contributed by atoms with Gasteiger partial charge < -0.3 is 4.74 Å². The van der Waals surface area contributed by atoms with Crippen LogP contribution in [0.3, 0.4) is 0 Å². The summed E-state index contributed by atoms with van der Waals surface area (Å²) in [5.74, 6) is 0. The van der Waals surface area contributed by atoms with E-state index in [1.54, 1.807) is 0 Å². The van der Waals surface area contributed by atoms with Crippen LogP contribution in [0.25, 0.3) is 10.4 Å². The molecule has 2 fully saturated rings. The van der Waals surface area contributed by atoms with E-state index in [4.69, 9.17) is 4.74 Å². The molecule has 2 aromatic rings. The first-order valence-electron chi connectivity index (χ1n) is 9.57. The van der Waals surface area contributed by atoms with Crippen molar-refractivity contribution < 1.29 is 4.74 Å². The Labute approximate surface area is 155 Å². The van der Waals surface area contributed by atoms with Crippen molar-refractivity contribution in [1.82, 2.24) is 9.80 Å². The molecule has 0 saturated carbocycles. The van der Waals surface area contributed by atoms with E-state index in [2.05, 4.69) is 52.3 Å². The minimum Gasteiger partial charge on any atom is -0.379 e. The Bertz CT molecular complexity index is 651. The molecule has 2 aliphatic rings. The highest BCUT2D eigenvalue weighted by molar-refractivity contribution is 7.15. The van der Waals surface area contributed by atoms with Gasteiger partial charge in [0.05, 0.1) is 13.2 Å². The number of thiophene rings is 1. The second-order valence-corrected chi connectivity index (χ2v) is 8.33. The lowest BCUT2D eigenvalue weighted by molar-refractivity contribution is 0.0155. The maximum atomic E-state index is 5.50. The van der Waals surface area contributed by atoms with E-state index in [0.717, 1.165) is 32.8 Å². The first-order chi connectivity index (χ1) is 12.4. The van der Waals surface area contributed by atoms with Crippen molar-refractivity contribution >= 4 is 11.3 Å². The van der Waals surface area contributed by atoms with E-state index in [0.29, 0.717) is 6.04 Å². The van der Waals surface area contributed by atoms with Crippen LogP contribution in [0.1, 0.15) is 24.1 Å². The summed E-state index contributed by atoms with van der Waals surface area (Å²) in [6.07, 6.45) is 4.07. The standard InChI is InChI=1S/C21H28N2OS/c1-2-6-18(7-3-1)21-10-9-20(25-21)17-23-11-5-4-8-19(23)16-22-12-14-24-15-13-22/h1-3,6-7,9-10,19H,4-5,8,11-17H2/t19-/m1/s1. The number of rotatable bonds is 5. The van der Waals surface area contributed by atoms with Gasteiger partial charge in [-0.1, -0.05) is 36.8 Å². The molecule has 0 radical (unpaired) electrons. The molecule has 3 heterocycles. The Morgan fingerprint density at radius 2 is 1.80 bits per heavy atom. The Morgan fingerprint density at radius 1 is 0.960 bits per heavy atom. The van der Waals surface area contributed by atoms with Gasteiger partial charge >= 0.3 is 0 Å². The van der Waals surface area contributed by atoms with Crippen LogP contribution in [0.5, 0.6) is 0 Å². The molecule has 1 aromatic carbocycles. The molecular formula is C21H28N2OS. The van der Waals surface area contributed by atoms with Gasteiger partial charge in [-0.15, -0.1) is 11.3 Å². The average Bonchev–Trinajstić information content (AvgIpc) is 3.14. The Morgan fingerprint density at radius 3 is 2.64 bits per heavy atom. The van der Waals surface area contributed by atoms with Crippen LogP contribution in [0.4, 0.5) is 0 Å². The predicted molar refractivity (Wildman–Crippen MR) is 105 cm³/mol. The minimum atomic E-state index is 0.703. The molecule has 2 aliphatic heterocycles. The first kappa shape index (κ1) is 17.2. The van der Waals surface area contributed by atoms with Crippen LogP contribution >= 0.6 is 11.3 Å². The largest absolute Gasteiger partial charge is 0.379 e. The molecule has 4 rings (SSSR count). The summed E-state index contributed by atoms with van der Waals surface area (Å²) in [4.78, 5) is 8.20. The monoisotopic (exact) mass is 356 g/mol. The average molecular weight is 357 g/mol. The lowest BCUT2D eigenvalue weighted by atomic mass is 10.0. The summed E-state index contributed by atoms with van der Waals surface area (Å²) >= 11 is 1.95. The van der Waals surface area contributed by atoms with Gasteiger partial charge in [0.2, 0.25) is 0 Å². The summed E-state index contributed by atoms with van der Waals surface area (Å²) in [6.45, 7) is 7.56. The molecule has 4 heteroatoms.